The average Bonchev–Trinajstić information content (AvgIpc) is 2.12. The molecule has 1 aromatic carbocycles. The molecule has 1 aromatic rings. The predicted octanol–water partition coefficient (Wildman–Crippen LogP) is 2.46. The van der Waals surface area contributed by atoms with Crippen LogP contribution in [0, 0.1) is 0 Å². The van der Waals surface area contributed by atoms with Gasteiger partial charge in [-0.05, 0) is 19.1 Å². The molecule has 0 saturated heterocycles. The molecule has 0 aliphatic rings. The normalized spacial score (nSPS) is 9.57. The Labute approximate surface area is 86.6 Å². The van der Waals surface area contributed by atoms with Crippen molar-refractivity contribution in [3.05, 3.63) is 23.2 Å². The molecule has 0 aromatic heterocycles. The molecule has 0 radical (unpaired) electrons. The van der Waals surface area contributed by atoms with E-state index < -0.39 is 6.16 Å². The van der Waals surface area contributed by atoms with Crippen LogP contribution in [0.2, 0.25) is 5.02 Å². The highest BCUT2D eigenvalue weighted by Crippen LogP contribution is 2.26. The summed E-state index contributed by atoms with van der Waals surface area (Å²) in [6, 6.07) is 4.62. The Kier molecular flexibility index (Phi) is 3.59. The monoisotopic (exact) mass is 215 g/mol. The molecule has 0 atom stereocenters. The molecule has 0 aliphatic carbocycles. The van der Waals surface area contributed by atoms with E-state index in [0.29, 0.717) is 10.7 Å². The van der Waals surface area contributed by atoms with E-state index in [1.165, 1.54) is 6.07 Å². The zero-order valence-electron chi connectivity index (χ0n) is 7.62. The van der Waals surface area contributed by atoms with Gasteiger partial charge in [0.25, 0.3) is 0 Å². The van der Waals surface area contributed by atoms with Crippen LogP contribution < -0.4 is 10.5 Å². The van der Waals surface area contributed by atoms with Crippen molar-refractivity contribution in [3.8, 4) is 5.75 Å². The Bertz CT molecular complexity index is 341. The summed E-state index contributed by atoms with van der Waals surface area (Å²) in [5.41, 5.74) is 5.95. The lowest BCUT2D eigenvalue weighted by Crippen LogP contribution is -2.10. The molecule has 0 heterocycles. The number of carbonyl (C=O) groups is 1. The first-order valence-electron chi connectivity index (χ1n) is 4.03. The van der Waals surface area contributed by atoms with Gasteiger partial charge >= 0.3 is 6.16 Å². The quantitative estimate of drug-likeness (QED) is 0.468. The SMILES string of the molecule is CCOC(=O)Oc1cc(N)ccc1Cl. The fourth-order valence-corrected chi connectivity index (χ4v) is 0.991. The van der Waals surface area contributed by atoms with E-state index in [4.69, 9.17) is 22.1 Å². The number of benzene rings is 1. The van der Waals surface area contributed by atoms with Crippen molar-refractivity contribution < 1.29 is 14.3 Å². The molecule has 0 saturated carbocycles. The van der Waals surface area contributed by atoms with E-state index in [9.17, 15) is 4.79 Å². The summed E-state index contributed by atoms with van der Waals surface area (Å²) < 4.78 is 9.37. The number of nitrogen functional groups attached to an aromatic ring is 1. The summed E-state index contributed by atoms with van der Waals surface area (Å²) in [7, 11) is 0. The molecule has 5 heteroatoms. The Morgan fingerprint density at radius 3 is 2.93 bits per heavy atom. The van der Waals surface area contributed by atoms with Crippen molar-refractivity contribution in [2.45, 2.75) is 6.92 Å². The second-order valence-corrected chi connectivity index (χ2v) is 2.88. The van der Waals surface area contributed by atoms with Gasteiger partial charge in [0, 0.05) is 11.8 Å². The number of nitrogens with two attached hydrogens (primary N) is 1. The van der Waals surface area contributed by atoms with E-state index in [1.807, 2.05) is 0 Å². The highest BCUT2D eigenvalue weighted by Gasteiger charge is 2.08. The van der Waals surface area contributed by atoms with Gasteiger partial charge in [0.05, 0.1) is 11.6 Å². The lowest BCUT2D eigenvalue weighted by atomic mass is 10.3. The number of hydrogen-bond donors (Lipinski definition) is 1. The van der Waals surface area contributed by atoms with Crippen LogP contribution in [0.5, 0.6) is 5.75 Å². The average molecular weight is 216 g/mol. The zero-order valence-corrected chi connectivity index (χ0v) is 8.38. The van der Waals surface area contributed by atoms with Crippen LogP contribution in [0.3, 0.4) is 0 Å². The maximum atomic E-state index is 10.9. The topological polar surface area (TPSA) is 61.5 Å². The molecule has 0 amide bonds. The van der Waals surface area contributed by atoms with E-state index in [-0.39, 0.29) is 12.4 Å². The second-order valence-electron chi connectivity index (χ2n) is 2.47. The third-order valence-electron chi connectivity index (χ3n) is 1.41. The van der Waals surface area contributed by atoms with E-state index in [1.54, 1.807) is 19.1 Å². The van der Waals surface area contributed by atoms with Gasteiger partial charge in [-0.15, -0.1) is 0 Å². The maximum Gasteiger partial charge on any atom is 0.513 e. The van der Waals surface area contributed by atoms with Gasteiger partial charge in [-0.1, -0.05) is 11.6 Å². The third kappa shape index (κ3) is 2.81. The number of halogens is 1. The molecule has 2 N–H and O–H groups in total. The van der Waals surface area contributed by atoms with Crippen molar-refractivity contribution in [2.75, 3.05) is 12.3 Å². The van der Waals surface area contributed by atoms with Gasteiger partial charge in [-0.25, -0.2) is 4.79 Å². The fourth-order valence-electron chi connectivity index (χ4n) is 0.835. The van der Waals surface area contributed by atoms with Gasteiger partial charge in [-0.3, -0.25) is 0 Å². The number of hydrogen-bond acceptors (Lipinski definition) is 4. The molecule has 76 valence electrons. The second kappa shape index (κ2) is 4.72. The van der Waals surface area contributed by atoms with E-state index in [2.05, 4.69) is 4.74 Å². The summed E-state index contributed by atoms with van der Waals surface area (Å²) in [5, 5.41) is 0.312. The van der Waals surface area contributed by atoms with Crippen LogP contribution in [-0.2, 0) is 4.74 Å². The standard InChI is InChI=1S/C9H10ClNO3/c1-2-13-9(12)14-8-5-6(11)3-4-7(8)10/h3-5H,2,11H2,1H3. The number of ether oxygens (including phenoxy) is 2. The summed E-state index contributed by atoms with van der Waals surface area (Å²) in [5.74, 6) is 0.199. The van der Waals surface area contributed by atoms with Crippen molar-refractivity contribution in [2.24, 2.45) is 0 Å². The maximum absolute atomic E-state index is 10.9. The minimum Gasteiger partial charge on any atom is -0.434 e. The predicted molar refractivity (Wildman–Crippen MR) is 53.5 cm³/mol. The van der Waals surface area contributed by atoms with Crippen molar-refractivity contribution >= 4 is 23.4 Å². The molecule has 4 nitrogen and oxygen atoms in total. The minimum absolute atomic E-state index is 0.199. The van der Waals surface area contributed by atoms with Gasteiger partial charge in [0.2, 0.25) is 0 Å². The van der Waals surface area contributed by atoms with Gasteiger partial charge in [0.1, 0.15) is 0 Å². The summed E-state index contributed by atoms with van der Waals surface area (Å²) in [6.07, 6.45) is -0.792. The zero-order chi connectivity index (χ0) is 10.6. The van der Waals surface area contributed by atoms with Crippen molar-refractivity contribution in [1.29, 1.82) is 0 Å². The third-order valence-corrected chi connectivity index (χ3v) is 1.72. The van der Waals surface area contributed by atoms with Gasteiger partial charge < -0.3 is 15.2 Å². The largest absolute Gasteiger partial charge is 0.513 e. The fraction of sp³-hybridized carbons (Fsp3) is 0.222. The number of anilines is 1. The van der Waals surface area contributed by atoms with Crippen LogP contribution >= 0.6 is 11.6 Å². The smallest absolute Gasteiger partial charge is 0.434 e. The first-order chi connectivity index (χ1) is 6.63. The van der Waals surface area contributed by atoms with E-state index in [0.717, 1.165) is 0 Å². The summed E-state index contributed by atoms with van der Waals surface area (Å²) in [4.78, 5) is 10.9. The van der Waals surface area contributed by atoms with Crippen LogP contribution in [-0.4, -0.2) is 12.8 Å². The molecule has 0 bridgehead atoms. The lowest BCUT2D eigenvalue weighted by Gasteiger charge is -2.06. The number of rotatable bonds is 2. The minimum atomic E-state index is -0.792. The van der Waals surface area contributed by atoms with Crippen molar-refractivity contribution in [1.82, 2.24) is 0 Å². The van der Waals surface area contributed by atoms with Gasteiger partial charge in [0.15, 0.2) is 5.75 Å². The highest BCUT2D eigenvalue weighted by atomic mass is 35.5. The molecule has 1 rings (SSSR count). The summed E-state index contributed by atoms with van der Waals surface area (Å²) >= 11 is 5.75. The molecule has 0 fully saturated rings. The van der Waals surface area contributed by atoms with E-state index >= 15 is 0 Å². The highest BCUT2D eigenvalue weighted by molar-refractivity contribution is 6.32. The molecule has 0 aliphatic heterocycles. The lowest BCUT2D eigenvalue weighted by molar-refractivity contribution is 0.104. The Morgan fingerprint density at radius 1 is 1.57 bits per heavy atom. The molecule has 0 spiro atoms. The van der Waals surface area contributed by atoms with Crippen LogP contribution in [0.4, 0.5) is 10.5 Å². The Hall–Kier alpha value is -1.42. The first kappa shape index (κ1) is 10.7. The van der Waals surface area contributed by atoms with Crippen molar-refractivity contribution in [3.63, 3.8) is 0 Å². The van der Waals surface area contributed by atoms with Crippen LogP contribution in [0.15, 0.2) is 18.2 Å². The molecular weight excluding hydrogens is 206 g/mol. The molecule has 14 heavy (non-hydrogen) atoms. The van der Waals surface area contributed by atoms with Crippen LogP contribution in [0.25, 0.3) is 0 Å². The number of carbonyl (C=O) groups excluding carboxylic acids is 1. The Balaban J connectivity index is 2.75. The van der Waals surface area contributed by atoms with Crippen LogP contribution in [0.1, 0.15) is 6.92 Å². The first-order valence-corrected chi connectivity index (χ1v) is 4.41. The Morgan fingerprint density at radius 2 is 2.29 bits per heavy atom. The summed E-state index contributed by atoms with van der Waals surface area (Å²) in [6.45, 7) is 1.93. The molecular formula is C9H10ClNO3. The molecule has 0 unspecified atom stereocenters. The van der Waals surface area contributed by atoms with Gasteiger partial charge in [-0.2, -0.15) is 0 Å².